The minimum atomic E-state index is -3.74. The molecule has 0 aliphatic rings. The summed E-state index contributed by atoms with van der Waals surface area (Å²) in [7, 11) is -3.74. The highest BCUT2D eigenvalue weighted by atomic mass is 32.2. The van der Waals surface area contributed by atoms with E-state index in [1.54, 1.807) is 24.3 Å². The lowest BCUT2D eigenvalue weighted by Crippen LogP contribution is -2.29. The minimum Gasteiger partial charge on any atom is -0.352 e. The Bertz CT molecular complexity index is 979. The molecule has 0 aromatic heterocycles. The number of amides is 1. The first-order chi connectivity index (χ1) is 13.5. The van der Waals surface area contributed by atoms with Crippen molar-refractivity contribution >= 4 is 15.9 Å². The van der Waals surface area contributed by atoms with Gasteiger partial charge in [-0.3, -0.25) is 4.79 Å². The summed E-state index contributed by atoms with van der Waals surface area (Å²) in [5.41, 5.74) is 2.55. The summed E-state index contributed by atoms with van der Waals surface area (Å²) in [6.07, 6.45) is 0. The smallest absolute Gasteiger partial charge is 0.241 e. The number of benzene rings is 3. The second kappa shape index (κ2) is 8.82. The molecule has 0 saturated heterocycles. The molecule has 0 spiro atoms. The highest BCUT2D eigenvalue weighted by Crippen LogP contribution is 2.24. The lowest BCUT2D eigenvalue weighted by Gasteiger charge is -2.20. The average molecular weight is 394 g/mol. The summed E-state index contributed by atoms with van der Waals surface area (Å²) in [4.78, 5) is 11.2. The maximum atomic E-state index is 13.0. The molecule has 0 saturated carbocycles. The van der Waals surface area contributed by atoms with Gasteiger partial charge in [-0.25, -0.2) is 8.42 Å². The molecule has 6 heteroatoms. The Morgan fingerprint density at radius 2 is 1.32 bits per heavy atom. The molecule has 0 heterocycles. The highest BCUT2D eigenvalue weighted by molar-refractivity contribution is 7.89. The van der Waals surface area contributed by atoms with Gasteiger partial charge in [-0.05, 0) is 28.8 Å². The van der Waals surface area contributed by atoms with Crippen molar-refractivity contribution in [3.05, 3.63) is 102 Å². The van der Waals surface area contributed by atoms with Gasteiger partial charge in [0, 0.05) is 13.5 Å². The zero-order valence-electron chi connectivity index (χ0n) is 15.5. The maximum Gasteiger partial charge on any atom is 0.241 e. The van der Waals surface area contributed by atoms with Crippen LogP contribution in [0.15, 0.2) is 89.8 Å². The molecule has 28 heavy (non-hydrogen) atoms. The number of nitrogens with one attached hydrogen (secondary N) is 2. The number of carbonyl (C=O) groups excluding carboxylic acids is 1. The normalized spacial score (nSPS) is 11.4. The quantitative estimate of drug-likeness (QED) is 0.645. The third-order valence-electron chi connectivity index (χ3n) is 4.31. The van der Waals surface area contributed by atoms with Crippen molar-refractivity contribution in [2.75, 3.05) is 0 Å². The van der Waals surface area contributed by atoms with Gasteiger partial charge in [0.05, 0.1) is 10.9 Å². The lowest BCUT2D eigenvalue weighted by atomic mass is 10.00. The highest BCUT2D eigenvalue weighted by Gasteiger charge is 2.22. The Morgan fingerprint density at radius 1 is 0.821 bits per heavy atom. The molecule has 0 aliphatic heterocycles. The first-order valence-electron chi connectivity index (χ1n) is 8.91. The topological polar surface area (TPSA) is 75.3 Å². The summed E-state index contributed by atoms with van der Waals surface area (Å²) < 4.78 is 28.8. The van der Waals surface area contributed by atoms with Crippen LogP contribution in [0.1, 0.15) is 29.7 Å². The maximum absolute atomic E-state index is 13.0. The summed E-state index contributed by atoms with van der Waals surface area (Å²) in [5, 5.41) is 2.69. The molecule has 0 unspecified atom stereocenters. The number of hydrogen-bond donors (Lipinski definition) is 2. The summed E-state index contributed by atoms with van der Waals surface area (Å²) in [6.45, 7) is 1.80. The number of rotatable bonds is 7. The van der Waals surface area contributed by atoms with Crippen molar-refractivity contribution < 1.29 is 13.2 Å². The van der Waals surface area contributed by atoms with E-state index in [0.717, 1.165) is 16.7 Å². The molecule has 144 valence electrons. The monoisotopic (exact) mass is 394 g/mol. The van der Waals surface area contributed by atoms with Gasteiger partial charge in [0.2, 0.25) is 15.9 Å². The van der Waals surface area contributed by atoms with E-state index >= 15 is 0 Å². The van der Waals surface area contributed by atoms with Crippen LogP contribution in [0.25, 0.3) is 0 Å². The van der Waals surface area contributed by atoms with E-state index in [9.17, 15) is 13.2 Å². The van der Waals surface area contributed by atoms with Gasteiger partial charge in [-0.2, -0.15) is 4.72 Å². The first kappa shape index (κ1) is 19.8. The molecule has 3 rings (SSSR count). The van der Waals surface area contributed by atoms with Gasteiger partial charge >= 0.3 is 0 Å². The van der Waals surface area contributed by atoms with Crippen LogP contribution in [-0.2, 0) is 21.4 Å². The van der Waals surface area contributed by atoms with Crippen LogP contribution >= 0.6 is 0 Å². The van der Waals surface area contributed by atoms with Crippen molar-refractivity contribution in [2.24, 2.45) is 0 Å². The van der Waals surface area contributed by atoms with Crippen LogP contribution in [0.2, 0.25) is 0 Å². The van der Waals surface area contributed by atoms with Crippen molar-refractivity contribution in [1.29, 1.82) is 0 Å². The van der Waals surface area contributed by atoms with E-state index < -0.39 is 16.1 Å². The van der Waals surface area contributed by atoms with E-state index in [-0.39, 0.29) is 10.8 Å². The van der Waals surface area contributed by atoms with Crippen LogP contribution in [0, 0.1) is 0 Å². The fourth-order valence-electron chi connectivity index (χ4n) is 2.86. The summed E-state index contributed by atoms with van der Waals surface area (Å²) in [6, 6.07) is 24.9. The van der Waals surface area contributed by atoms with Crippen molar-refractivity contribution in [2.45, 2.75) is 24.4 Å². The zero-order chi connectivity index (χ0) is 20.0. The van der Waals surface area contributed by atoms with E-state index in [4.69, 9.17) is 0 Å². The largest absolute Gasteiger partial charge is 0.352 e. The average Bonchev–Trinajstić information content (AvgIpc) is 2.72. The van der Waals surface area contributed by atoms with Crippen molar-refractivity contribution in [1.82, 2.24) is 10.0 Å². The molecular weight excluding hydrogens is 372 g/mol. The predicted octanol–water partition coefficient (Wildman–Crippen LogP) is 3.39. The molecule has 0 bridgehead atoms. The molecule has 0 aliphatic carbocycles. The molecule has 0 atom stereocenters. The third kappa shape index (κ3) is 5.06. The fourth-order valence-corrected chi connectivity index (χ4v) is 4.07. The molecule has 0 fully saturated rings. The van der Waals surface area contributed by atoms with Gasteiger partial charge in [0.15, 0.2) is 0 Å². The number of sulfonamides is 1. The van der Waals surface area contributed by atoms with Gasteiger partial charge in [-0.15, -0.1) is 0 Å². The minimum absolute atomic E-state index is 0.132. The first-order valence-corrected chi connectivity index (χ1v) is 10.4. The molecule has 2 N–H and O–H groups in total. The Kier molecular flexibility index (Phi) is 6.23. The Labute approximate surface area is 165 Å². The Morgan fingerprint density at radius 3 is 1.79 bits per heavy atom. The van der Waals surface area contributed by atoms with E-state index in [2.05, 4.69) is 10.0 Å². The Hall–Kier alpha value is -2.96. The number of carbonyl (C=O) groups is 1. The van der Waals surface area contributed by atoms with Crippen LogP contribution in [0.3, 0.4) is 0 Å². The second-order valence-corrected chi connectivity index (χ2v) is 8.14. The molecule has 3 aromatic carbocycles. The van der Waals surface area contributed by atoms with Crippen LogP contribution in [0.5, 0.6) is 0 Å². The van der Waals surface area contributed by atoms with E-state index in [0.29, 0.717) is 6.54 Å². The zero-order valence-corrected chi connectivity index (χ0v) is 16.3. The summed E-state index contributed by atoms with van der Waals surface area (Å²) in [5.74, 6) is -0.132. The van der Waals surface area contributed by atoms with Crippen LogP contribution < -0.4 is 10.0 Å². The Balaban J connectivity index is 1.86. The second-order valence-electron chi connectivity index (χ2n) is 6.43. The fraction of sp³-hybridized carbons (Fsp3) is 0.136. The molecular formula is C22H22N2O3S. The van der Waals surface area contributed by atoms with E-state index in [1.165, 1.54) is 6.92 Å². The number of hydrogen-bond acceptors (Lipinski definition) is 3. The SMILES string of the molecule is CC(=O)NCc1ccc(S(=O)(=O)NC(c2ccccc2)c2ccccc2)cc1. The summed E-state index contributed by atoms with van der Waals surface area (Å²) >= 11 is 0. The van der Waals surface area contributed by atoms with Crippen LogP contribution in [-0.4, -0.2) is 14.3 Å². The third-order valence-corrected chi connectivity index (χ3v) is 5.75. The van der Waals surface area contributed by atoms with Crippen molar-refractivity contribution in [3.8, 4) is 0 Å². The van der Waals surface area contributed by atoms with Gasteiger partial charge < -0.3 is 5.32 Å². The standard InChI is InChI=1S/C22H22N2O3S/c1-17(25)23-16-18-12-14-21(15-13-18)28(26,27)24-22(19-8-4-2-5-9-19)20-10-6-3-7-11-20/h2-15,22,24H,16H2,1H3,(H,23,25). The van der Waals surface area contributed by atoms with Gasteiger partial charge in [0.1, 0.15) is 0 Å². The molecule has 1 amide bonds. The van der Waals surface area contributed by atoms with Crippen molar-refractivity contribution in [3.63, 3.8) is 0 Å². The molecule has 0 radical (unpaired) electrons. The predicted molar refractivity (Wildman–Crippen MR) is 109 cm³/mol. The molecule has 3 aromatic rings. The van der Waals surface area contributed by atoms with Crippen LogP contribution in [0.4, 0.5) is 0 Å². The van der Waals surface area contributed by atoms with E-state index in [1.807, 2.05) is 60.7 Å². The molecule has 5 nitrogen and oxygen atoms in total. The van der Waals surface area contributed by atoms with Gasteiger partial charge in [-0.1, -0.05) is 72.8 Å². The van der Waals surface area contributed by atoms with Gasteiger partial charge in [0.25, 0.3) is 0 Å². The lowest BCUT2D eigenvalue weighted by molar-refractivity contribution is -0.119.